The number of amides is 5. The number of nitrogens with one attached hydrogen (secondary N) is 1. The number of hydrogen-bond acceptors (Lipinski definition) is 11. The minimum absolute atomic E-state index is 0.0181. The first-order valence-corrected chi connectivity index (χ1v) is 11.4. The average molecular weight is 512 g/mol. The molecule has 0 radical (unpaired) electrons. The van der Waals surface area contributed by atoms with E-state index in [1.807, 2.05) is 0 Å². The van der Waals surface area contributed by atoms with E-state index in [0.29, 0.717) is 76.9 Å². The summed E-state index contributed by atoms with van der Waals surface area (Å²) in [5.74, 6) is -3.36. The van der Waals surface area contributed by atoms with E-state index in [0.717, 1.165) is 0 Å². The Labute approximate surface area is 207 Å². The van der Waals surface area contributed by atoms with Gasteiger partial charge in [-0.15, -0.1) is 0 Å². The Morgan fingerprint density at radius 2 is 1.44 bits per heavy atom. The Kier molecular flexibility index (Phi) is 13.0. The summed E-state index contributed by atoms with van der Waals surface area (Å²) in [7, 11) is 0. The van der Waals surface area contributed by atoms with Crippen LogP contribution in [0.1, 0.15) is 25.7 Å². The normalized spacial score (nSPS) is 15.8. The number of hydrogen-bond donors (Lipinski definition) is 1. The molecule has 14 nitrogen and oxygen atoms in total. The minimum Gasteiger partial charge on any atom is -0.541 e. The van der Waals surface area contributed by atoms with Crippen LogP contribution in [0.15, 0.2) is 24.4 Å². The Balaban J connectivity index is 1.33. The van der Waals surface area contributed by atoms with Gasteiger partial charge < -0.3 is 34.2 Å². The molecule has 1 saturated heterocycles. The number of hydroxylamine groups is 2. The maximum atomic E-state index is 11.6. The lowest BCUT2D eigenvalue weighted by Gasteiger charge is -2.23. The number of carbonyl (C=O) groups is 5. The van der Waals surface area contributed by atoms with Gasteiger partial charge >= 0.3 is 0 Å². The molecule has 1 N–H and O–H groups in total. The summed E-state index contributed by atoms with van der Waals surface area (Å²) in [6.07, 6.45) is 4.19. The van der Waals surface area contributed by atoms with Gasteiger partial charge in [0.15, 0.2) is 6.61 Å². The summed E-state index contributed by atoms with van der Waals surface area (Å²) >= 11 is 0. The number of nitrogens with zero attached hydrogens (tertiary/aromatic N) is 2. The van der Waals surface area contributed by atoms with Crippen LogP contribution in [0.4, 0.5) is 0 Å². The molecule has 0 atom stereocenters. The molecular weight excluding hydrogens is 482 g/mol. The van der Waals surface area contributed by atoms with Crippen LogP contribution in [0.25, 0.3) is 0 Å². The quantitative estimate of drug-likeness (QED) is 0.116. The Hall–Kier alpha value is -3.49. The van der Waals surface area contributed by atoms with E-state index in [4.69, 9.17) is 18.9 Å². The van der Waals surface area contributed by atoms with Crippen molar-refractivity contribution in [3.8, 4) is 0 Å². The van der Waals surface area contributed by atoms with E-state index in [1.54, 1.807) is 0 Å². The number of ether oxygens (including phenoxy) is 4. The van der Waals surface area contributed by atoms with Gasteiger partial charge in [0.05, 0.1) is 26.4 Å². The third-order valence-corrected chi connectivity index (χ3v) is 4.68. The third kappa shape index (κ3) is 10.8. The highest BCUT2D eigenvalue weighted by Gasteiger charge is 2.27. The minimum atomic E-state index is -1.07. The summed E-state index contributed by atoms with van der Waals surface area (Å²) in [4.78, 5) is 62.7. The van der Waals surface area contributed by atoms with Gasteiger partial charge in [0.2, 0.25) is 11.8 Å². The van der Waals surface area contributed by atoms with Crippen LogP contribution in [0.3, 0.4) is 0 Å². The summed E-state index contributed by atoms with van der Waals surface area (Å²) < 4.78 is 20.9. The lowest BCUT2D eigenvalue weighted by atomic mass is 10.4. The average Bonchev–Trinajstić information content (AvgIpc) is 3.34. The van der Waals surface area contributed by atoms with Gasteiger partial charge in [-0.25, -0.2) is 5.06 Å². The second-order valence-corrected chi connectivity index (χ2v) is 7.48. The Morgan fingerprint density at radius 3 is 2.06 bits per heavy atom. The van der Waals surface area contributed by atoms with Crippen LogP contribution in [-0.4, -0.2) is 98.8 Å². The van der Waals surface area contributed by atoms with Gasteiger partial charge in [-0.05, 0) is 12.8 Å². The number of carbonyl (C=O) groups excluding carboxylic acids is 5. The summed E-state index contributed by atoms with van der Waals surface area (Å²) in [5.41, 5.74) is 0. The molecule has 2 heterocycles. The monoisotopic (exact) mass is 512 g/mol. The van der Waals surface area contributed by atoms with Gasteiger partial charge in [0.25, 0.3) is 17.7 Å². The molecule has 14 heteroatoms. The standard InChI is InChI=1S/C22H31N3O11/c26-17(15-35-16-22(31)36-25-20(29)5-6-21(25)30)23-7-1-9-32-11-13-34-14-12-33-10-2-8-24-18(27)3-4-19(24)28/h3-4,16,31H,1-2,5-15H2,(H,23,26)/p-1/b22-16+. The van der Waals surface area contributed by atoms with Crippen molar-refractivity contribution in [3.05, 3.63) is 24.4 Å². The summed E-state index contributed by atoms with van der Waals surface area (Å²) in [5, 5.41) is 14.4. The Bertz CT molecular complexity index is 809. The molecule has 200 valence electrons. The zero-order valence-corrected chi connectivity index (χ0v) is 19.8. The molecule has 0 bridgehead atoms. The molecule has 2 aliphatic rings. The smallest absolute Gasteiger partial charge is 0.257 e. The van der Waals surface area contributed by atoms with Gasteiger partial charge in [-0.2, -0.15) is 0 Å². The molecule has 0 aromatic carbocycles. The van der Waals surface area contributed by atoms with Crippen molar-refractivity contribution in [2.24, 2.45) is 0 Å². The van der Waals surface area contributed by atoms with Crippen LogP contribution in [0.5, 0.6) is 0 Å². The molecule has 5 amide bonds. The van der Waals surface area contributed by atoms with E-state index >= 15 is 0 Å². The van der Waals surface area contributed by atoms with E-state index in [-0.39, 0.29) is 24.7 Å². The lowest BCUT2D eigenvalue weighted by Crippen LogP contribution is -2.32. The maximum absolute atomic E-state index is 11.6. The van der Waals surface area contributed by atoms with Crippen LogP contribution < -0.4 is 10.4 Å². The summed E-state index contributed by atoms with van der Waals surface area (Å²) in [6, 6.07) is 0. The fourth-order valence-electron chi connectivity index (χ4n) is 2.93. The first-order chi connectivity index (χ1) is 17.4. The highest BCUT2D eigenvalue weighted by molar-refractivity contribution is 6.12. The van der Waals surface area contributed by atoms with Crippen LogP contribution in [-0.2, 0) is 47.8 Å². The van der Waals surface area contributed by atoms with E-state index in [1.165, 1.54) is 17.1 Å². The maximum Gasteiger partial charge on any atom is 0.257 e. The van der Waals surface area contributed by atoms with Crippen molar-refractivity contribution in [1.29, 1.82) is 0 Å². The van der Waals surface area contributed by atoms with Gasteiger partial charge in [0.1, 0.15) is 12.2 Å². The molecule has 1 fully saturated rings. The molecule has 36 heavy (non-hydrogen) atoms. The van der Waals surface area contributed by atoms with Crippen LogP contribution >= 0.6 is 0 Å². The predicted octanol–water partition coefficient (Wildman–Crippen LogP) is -1.89. The van der Waals surface area contributed by atoms with Gasteiger partial charge in [-0.1, -0.05) is 0 Å². The van der Waals surface area contributed by atoms with Crippen molar-refractivity contribution in [2.45, 2.75) is 25.7 Å². The van der Waals surface area contributed by atoms with Crippen molar-refractivity contribution in [1.82, 2.24) is 15.3 Å². The number of rotatable bonds is 19. The topological polar surface area (TPSA) is 173 Å². The van der Waals surface area contributed by atoms with E-state index in [9.17, 15) is 29.1 Å². The molecule has 0 aromatic heterocycles. The third-order valence-electron chi connectivity index (χ3n) is 4.68. The van der Waals surface area contributed by atoms with E-state index < -0.39 is 30.3 Å². The lowest BCUT2D eigenvalue weighted by molar-refractivity contribution is -0.384. The molecule has 0 saturated carbocycles. The zero-order valence-electron chi connectivity index (χ0n) is 19.8. The Morgan fingerprint density at radius 1 is 0.889 bits per heavy atom. The fraction of sp³-hybridized carbons (Fsp3) is 0.591. The highest BCUT2D eigenvalue weighted by Crippen LogP contribution is 2.13. The van der Waals surface area contributed by atoms with Crippen LogP contribution in [0.2, 0.25) is 0 Å². The largest absolute Gasteiger partial charge is 0.541 e. The first kappa shape index (κ1) is 28.7. The van der Waals surface area contributed by atoms with Crippen LogP contribution in [0, 0.1) is 0 Å². The zero-order chi connectivity index (χ0) is 26.2. The van der Waals surface area contributed by atoms with Gasteiger partial charge in [-0.3, -0.25) is 28.9 Å². The highest BCUT2D eigenvalue weighted by atomic mass is 16.8. The molecule has 0 aliphatic carbocycles. The SMILES string of the molecule is O=C(CO/C=C(\[O-])ON1C(=O)CCC1=O)NCCCOCCOCCOCCCN1C(=O)C=CC1=O. The summed E-state index contributed by atoms with van der Waals surface area (Å²) in [6.45, 7) is 2.58. The van der Waals surface area contributed by atoms with Crippen molar-refractivity contribution in [3.63, 3.8) is 0 Å². The van der Waals surface area contributed by atoms with Crippen molar-refractivity contribution in [2.75, 3.05) is 59.3 Å². The molecule has 0 unspecified atom stereocenters. The molecular formula is C22H30N3O11-. The number of imide groups is 2. The second-order valence-electron chi connectivity index (χ2n) is 7.48. The first-order valence-electron chi connectivity index (χ1n) is 11.4. The second kappa shape index (κ2) is 16.2. The van der Waals surface area contributed by atoms with E-state index in [2.05, 4.69) is 10.2 Å². The molecule has 2 rings (SSSR count). The molecule has 0 aromatic rings. The van der Waals surface area contributed by atoms with Crippen molar-refractivity contribution >= 4 is 29.5 Å². The van der Waals surface area contributed by atoms with Gasteiger partial charge in [0, 0.05) is 51.3 Å². The fourth-order valence-corrected chi connectivity index (χ4v) is 2.93. The molecule has 0 spiro atoms. The van der Waals surface area contributed by atoms with Crippen molar-refractivity contribution < 1.29 is 52.9 Å². The predicted molar refractivity (Wildman–Crippen MR) is 117 cm³/mol. The molecule has 2 aliphatic heterocycles.